The third-order valence-electron chi connectivity index (χ3n) is 5.17. The molecular formula is C21H27ClF3N5O. The van der Waals surface area contributed by atoms with E-state index in [0.717, 1.165) is 12.6 Å². The highest BCUT2D eigenvalue weighted by atomic mass is 35.5. The Hall–Kier alpha value is -2.10. The summed E-state index contributed by atoms with van der Waals surface area (Å²) in [5.74, 6) is 0. The number of halogens is 4. The lowest BCUT2D eigenvalue weighted by Crippen LogP contribution is -2.47. The van der Waals surface area contributed by atoms with Gasteiger partial charge in [0.2, 0.25) is 0 Å². The molecule has 10 heteroatoms. The van der Waals surface area contributed by atoms with Gasteiger partial charge in [-0.3, -0.25) is 9.69 Å². The Morgan fingerprint density at radius 3 is 2.71 bits per heavy atom. The first-order valence-corrected chi connectivity index (χ1v) is 10.5. The first-order chi connectivity index (χ1) is 14.5. The van der Waals surface area contributed by atoms with E-state index in [4.69, 9.17) is 11.6 Å². The van der Waals surface area contributed by atoms with Crippen LogP contribution in [-0.4, -0.2) is 47.4 Å². The van der Waals surface area contributed by atoms with Gasteiger partial charge < -0.3 is 10.6 Å². The molecule has 0 radical (unpaired) electrons. The van der Waals surface area contributed by atoms with Crippen LogP contribution < -0.4 is 16.2 Å². The maximum Gasteiger partial charge on any atom is 0.416 e. The van der Waals surface area contributed by atoms with Crippen molar-refractivity contribution in [1.82, 2.24) is 20.0 Å². The van der Waals surface area contributed by atoms with Crippen molar-refractivity contribution in [2.45, 2.75) is 38.5 Å². The van der Waals surface area contributed by atoms with Crippen LogP contribution >= 0.6 is 11.6 Å². The molecule has 0 aliphatic carbocycles. The molecule has 170 valence electrons. The van der Waals surface area contributed by atoms with Gasteiger partial charge in [0, 0.05) is 38.8 Å². The monoisotopic (exact) mass is 457 g/mol. The molecule has 1 aromatic carbocycles. The average Bonchev–Trinajstić information content (AvgIpc) is 2.70. The summed E-state index contributed by atoms with van der Waals surface area (Å²) in [6, 6.07) is 5.25. The zero-order chi connectivity index (χ0) is 22.8. The van der Waals surface area contributed by atoms with E-state index in [1.165, 1.54) is 23.0 Å². The number of aromatic nitrogens is 2. The highest BCUT2D eigenvalue weighted by Crippen LogP contribution is 2.31. The lowest BCUT2D eigenvalue weighted by Gasteiger charge is -2.34. The van der Waals surface area contributed by atoms with Crippen molar-refractivity contribution in [2.24, 2.45) is 0 Å². The fraction of sp³-hybridized carbons (Fsp3) is 0.524. The van der Waals surface area contributed by atoms with Crippen LogP contribution in [0.3, 0.4) is 0 Å². The molecule has 6 nitrogen and oxygen atoms in total. The van der Waals surface area contributed by atoms with Gasteiger partial charge in [-0.15, -0.1) is 0 Å². The molecule has 1 aromatic heterocycles. The summed E-state index contributed by atoms with van der Waals surface area (Å²) in [6.07, 6.45) is -2.82. The Kier molecular flexibility index (Phi) is 6.98. The molecule has 1 fully saturated rings. The number of hydrogen-bond donors (Lipinski definition) is 2. The van der Waals surface area contributed by atoms with Gasteiger partial charge in [-0.2, -0.15) is 18.3 Å². The SMILES string of the molecule is CC(C)(C)n1ncc(NCCN2CCNC(c3cccc(C(F)(F)F)c3)C2)c(Cl)c1=O. The molecule has 2 aromatic rings. The second-order valence-electron chi connectivity index (χ2n) is 8.62. The van der Waals surface area contributed by atoms with E-state index in [9.17, 15) is 18.0 Å². The van der Waals surface area contributed by atoms with E-state index < -0.39 is 17.3 Å². The van der Waals surface area contributed by atoms with E-state index >= 15 is 0 Å². The Morgan fingerprint density at radius 2 is 2.03 bits per heavy atom. The summed E-state index contributed by atoms with van der Waals surface area (Å²) in [5, 5.41) is 10.7. The summed E-state index contributed by atoms with van der Waals surface area (Å²) in [6.45, 7) is 8.81. The molecular weight excluding hydrogens is 431 g/mol. The third kappa shape index (κ3) is 5.78. The van der Waals surface area contributed by atoms with Crippen molar-refractivity contribution in [3.8, 4) is 0 Å². The number of nitrogens with one attached hydrogen (secondary N) is 2. The molecule has 1 unspecified atom stereocenters. The summed E-state index contributed by atoms with van der Waals surface area (Å²) >= 11 is 6.23. The van der Waals surface area contributed by atoms with Crippen molar-refractivity contribution in [3.63, 3.8) is 0 Å². The fourth-order valence-corrected chi connectivity index (χ4v) is 3.75. The molecule has 1 atom stereocenters. The van der Waals surface area contributed by atoms with Gasteiger partial charge in [-0.1, -0.05) is 23.7 Å². The molecule has 1 aliphatic rings. The van der Waals surface area contributed by atoms with E-state index in [2.05, 4.69) is 20.6 Å². The zero-order valence-electron chi connectivity index (χ0n) is 17.8. The van der Waals surface area contributed by atoms with Gasteiger partial charge in [-0.25, -0.2) is 4.68 Å². The second-order valence-corrected chi connectivity index (χ2v) is 9.00. The van der Waals surface area contributed by atoms with Gasteiger partial charge in [0.05, 0.1) is 23.0 Å². The number of rotatable bonds is 5. The van der Waals surface area contributed by atoms with E-state index in [1.807, 2.05) is 20.8 Å². The number of hydrogen-bond acceptors (Lipinski definition) is 5. The molecule has 0 saturated carbocycles. The topological polar surface area (TPSA) is 62.2 Å². The largest absolute Gasteiger partial charge is 0.416 e. The Bertz CT molecular complexity index is 971. The molecule has 0 amide bonds. The van der Waals surface area contributed by atoms with Crippen LogP contribution in [0.15, 0.2) is 35.3 Å². The summed E-state index contributed by atoms with van der Waals surface area (Å²) in [7, 11) is 0. The van der Waals surface area contributed by atoms with Gasteiger partial charge in [0.15, 0.2) is 0 Å². The number of nitrogens with zero attached hydrogens (tertiary/aromatic N) is 3. The summed E-state index contributed by atoms with van der Waals surface area (Å²) in [4.78, 5) is 14.6. The molecule has 0 spiro atoms. The average molecular weight is 458 g/mol. The molecule has 1 saturated heterocycles. The van der Waals surface area contributed by atoms with Crippen LogP contribution in [-0.2, 0) is 11.7 Å². The van der Waals surface area contributed by atoms with Gasteiger partial charge in [-0.05, 0) is 38.5 Å². The van der Waals surface area contributed by atoms with Gasteiger partial charge in [0.1, 0.15) is 5.02 Å². The molecule has 2 heterocycles. The molecule has 31 heavy (non-hydrogen) atoms. The highest BCUT2D eigenvalue weighted by molar-refractivity contribution is 6.32. The lowest BCUT2D eigenvalue weighted by atomic mass is 10.0. The van der Waals surface area contributed by atoms with Crippen LogP contribution in [0.25, 0.3) is 0 Å². The first-order valence-electron chi connectivity index (χ1n) is 10.1. The third-order valence-corrected chi connectivity index (χ3v) is 5.54. The van der Waals surface area contributed by atoms with Crippen molar-refractivity contribution in [3.05, 3.63) is 57.0 Å². The zero-order valence-corrected chi connectivity index (χ0v) is 18.5. The van der Waals surface area contributed by atoms with Crippen LogP contribution in [0.1, 0.15) is 37.9 Å². The van der Waals surface area contributed by atoms with Crippen molar-refractivity contribution in [2.75, 3.05) is 38.0 Å². The summed E-state index contributed by atoms with van der Waals surface area (Å²) in [5.41, 5.74) is -0.385. The minimum atomic E-state index is -4.36. The molecule has 2 N–H and O–H groups in total. The second kappa shape index (κ2) is 9.18. The van der Waals surface area contributed by atoms with E-state index in [0.29, 0.717) is 37.4 Å². The number of benzene rings is 1. The van der Waals surface area contributed by atoms with Crippen LogP contribution in [0, 0.1) is 0 Å². The van der Waals surface area contributed by atoms with Crippen molar-refractivity contribution in [1.29, 1.82) is 0 Å². The quantitative estimate of drug-likeness (QED) is 0.716. The number of alkyl halides is 3. The standard InChI is InChI=1S/C21H27ClF3N5O/c1-20(2,3)30-19(31)18(22)16(12-28-30)26-7-9-29-10-8-27-17(13-29)14-5-4-6-15(11-14)21(23,24)25/h4-6,11-12,17,26-27H,7-10,13H2,1-3H3. The Morgan fingerprint density at radius 1 is 1.29 bits per heavy atom. The number of piperazine rings is 1. The van der Waals surface area contributed by atoms with Crippen molar-refractivity contribution >= 4 is 17.3 Å². The smallest absolute Gasteiger partial charge is 0.381 e. The van der Waals surface area contributed by atoms with E-state index in [1.54, 1.807) is 6.07 Å². The van der Waals surface area contributed by atoms with Crippen molar-refractivity contribution < 1.29 is 13.2 Å². The first kappa shape index (κ1) is 23.6. The predicted octanol–water partition coefficient (Wildman–Crippen LogP) is 3.73. The van der Waals surface area contributed by atoms with Crippen LogP contribution in [0.5, 0.6) is 0 Å². The highest BCUT2D eigenvalue weighted by Gasteiger charge is 2.31. The minimum absolute atomic E-state index is 0.0899. The van der Waals surface area contributed by atoms with Gasteiger partial charge >= 0.3 is 6.18 Å². The molecule has 0 bridgehead atoms. The Labute approximate surface area is 184 Å². The lowest BCUT2D eigenvalue weighted by molar-refractivity contribution is -0.137. The molecule has 3 rings (SSSR count). The maximum atomic E-state index is 13.0. The minimum Gasteiger partial charge on any atom is -0.381 e. The molecule has 1 aliphatic heterocycles. The van der Waals surface area contributed by atoms with E-state index in [-0.39, 0.29) is 16.6 Å². The maximum absolute atomic E-state index is 13.0. The summed E-state index contributed by atoms with van der Waals surface area (Å²) < 4.78 is 40.4. The van der Waals surface area contributed by atoms with Crippen LogP contribution in [0.4, 0.5) is 18.9 Å². The predicted molar refractivity (Wildman–Crippen MR) is 116 cm³/mol. The normalized spacial score (nSPS) is 18.2. The van der Waals surface area contributed by atoms with Crippen LogP contribution in [0.2, 0.25) is 5.02 Å². The number of anilines is 1. The Balaban J connectivity index is 1.60. The van der Waals surface area contributed by atoms with Gasteiger partial charge in [0.25, 0.3) is 5.56 Å². The fourth-order valence-electron chi connectivity index (χ4n) is 3.55.